The van der Waals surface area contributed by atoms with Crippen molar-refractivity contribution in [2.75, 3.05) is 68.6 Å². The Balaban J connectivity index is 0. The monoisotopic (exact) mass is 570 g/mol. The van der Waals surface area contributed by atoms with Gasteiger partial charge >= 0.3 is 23.9 Å². The predicted octanol–water partition coefficient (Wildman–Crippen LogP) is -4.34. The van der Waals surface area contributed by atoms with E-state index in [9.17, 15) is 39.0 Å². The van der Waals surface area contributed by atoms with Gasteiger partial charge < -0.3 is 53.9 Å². The molecule has 17 nitrogen and oxygen atoms in total. The summed E-state index contributed by atoms with van der Waals surface area (Å²) >= 11 is 0. The molecule has 0 aliphatic carbocycles. The van der Waals surface area contributed by atoms with Gasteiger partial charge in [-0.25, -0.2) is 14.6 Å². The SMILES string of the molecule is C[N+](C)(C)CCO.C[N+](C)(C)CCOC(=O)C(CC(=O)O)(CC(=O)O)OOC(CC(=O)[O-])(CC(=O)O)C(=O)[O-]. The van der Waals surface area contributed by atoms with E-state index in [4.69, 9.17) is 25.2 Å². The minimum atomic E-state index is -3.28. The fraction of sp³-hybridized carbons (Fsp3) is 0.727. The molecule has 4 N–H and O–H groups in total. The van der Waals surface area contributed by atoms with E-state index in [1.807, 2.05) is 0 Å². The first-order valence-electron chi connectivity index (χ1n) is 11.3. The molecule has 0 spiro atoms. The van der Waals surface area contributed by atoms with Crippen molar-refractivity contribution in [1.29, 1.82) is 0 Å². The summed E-state index contributed by atoms with van der Waals surface area (Å²) in [6, 6.07) is 0. The van der Waals surface area contributed by atoms with Crippen molar-refractivity contribution in [1.82, 2.24) is 0 Å². The molecule has 0 amide bonds. The van der Waals surface area contributed by atoms with Crippen molar-refractivity contribution in [2.24, 2.45) is 0 Å². The van der Waals surface area contributed by atoms with Crippen LogP contribution >= 0.6 is 0 Å². The van der Waals surface area contributed by atoms with Crippen LogP contribution in [0, 0.1) is 0 Å². The molecule has 226 valence electrons. The minimum absolute atomic E-state index is 0.190. The highest BCUT2D eigenvalue weighted by Gasteiger charge is 2.50. The predicted molar refractivity (Wildman–Crippen MR) is 123 cm³/mol. The number of carbonyl (C=O) groups excluding carboxylic acids is 3. The molecule has 1 atom stereocenters. The molecule has 0 fully saturated rings. The normalized spacial score (nSPS) is 13.3. The van der Waals surface area contributed by atoms with Crippen LogP contribution in [0.5, 0.6) is 0 Å². The van der Waals surface area contributed by atoms with E-state index < -0.39 is 72.7 Å². The lowest BCUT2D eigenvalue weighted by Crippen LogP contribution is -2.57. The van der Waals surface area contributed by atoms with Gasteiger partial charge in [0.2, 0.25) is 5.60 Å². The zero-order valence-electron chi connectivity index (χ0n) is 22.8. The lowest BCUT2D eigenvalue weighted by atomic mass is 9.94. The van der Waals surface area contributed by atoms with Crippen LogP contribution in [0.25, 0.3) is 0 Å². The zero-order valence-corrected chi connectivity index (χ0v) is 22.8. The van der Waals surface area contributed by atoms with Gasteiger partial charge in [0.05, 0.1) is 74.1 Å². The van der Waals surface area contributed by atoms with Crippen LogP contribution in [0.15, 0.2) is 0 Å². The number of aliphatic hydroxyl groups is 1. The van der Waals surface area contributed by atoms with Gasteiger partial charge in [-0.15, -0.1) is 0 Å². The van der Waals surface area contributed by atoms with Crippen LogP contribution in [-0.2, 0) is 43.3 Å². The molecule has 1 unspecified atom stereocenters. The molecule has 0 saturated heterocycles. The molecule has 0 aliphatic rings. The Morgan fingerprint density at radius 1 is 0.667 bits per heavy atom. The van der Waals surface area contributed by atoms with E-state index in [0.717, 1.165) is 11.0 Å². The van der Waals surface area contributed by atoms with Crippen molar-refractivity contribution in [3.63, 3.8) is 0 Å². The molecule has 39 heavy (non-hydrogen) atoms. The van der Waals surface area contributed by atoms with E-state index >= 15 is 0 Å². The first-order chi connectivity index (χ1) is 17.5. The van der Waals surface area contributed by atoms with Gasteiger partial charge in [0, 0.05) is 12.4 Å². The number of hydrogen-bond donors (Lipinski definition) is 4. The Kier molecular flexibility index (Phi) is 15.4. The zero-order chi connectivity index (χ0) is 31.2. The molecular weight excluding hydrogens is 532 g/mol. The number of esters is 1. The van der Waals surface area contributed by atoms with Gasteiger partial charge in [0.15, 0.2) is 5.60 Å². The Labute approximate surface area is 224 Å². The maximum Gasteiger partial charge on any atom is 0.343 e. The first kappa shape index (κ1) is 37.8. The number of aliphatic carboxylic acids is 5. The summed E-state index contributed by atoms with van der Waals surface area (Å²) in [6.45, 7) is 0.964. The maximum atomic E-state index is 12.6. The number of aliphatic hydroxyl groups excluding tert-OH is 1. The van der Waals surface area contributed by atoms with Crippen LogP contribution in [0.2, 0.25) is 0 Å². The summed E-state index contributed by atoms with van der Waals surface area (Å²) in [6.07, 6.45) is -6.04. The molecule has 0 aliphatic heterocycles. The Morgan fingerprint density at radius 2 is 1.05 bits per heavy atom. The van der Waals surface area contributed by atoms with Crippen LogP contribution in [0.4, 0.5) is 0 Å². The van der Waals surface area contributed by atoms with Gasteiger partial charge in [-0.2, -0.15) is 0 Å². The van der Waals surface area contributed by atoms with Gasteiger partial charge in [-0.1, -0.05) is 0 Å². The van der Waals surface area contributed by atoms with Crippen molar-refractivity contribution in [3.8, 4) is 0 Å². The number of carboxylic acid groups (broad SMARTS) is 5. The van der Waals surface area contributed by atoms with Gasteiger partial charge in [-0.05, 0) is 0 Å². The number of carbonyl (C=O) groups is 6. The van der Waals surface area contributed by atoms with Crippen LogP contribution in [0.1, 0.15) is 25.7 Å². The van der Waals surface area contributed by atoms with E-state index in [2.05, 4.69) is 30.9 Å². The molecule has 0 aromatic rings. The van der Waals surface area contributed by atoms with Crippen molar-refractivity contribution >= 4 is 35.8 Å². The highest BCUT2D eigenvalue weighted by Crippen LogP contribution is 2.30. The van der Waals surface area contributed by atoms with Gasteiger partial charge in [0.1, 0.15) is 19.7 Å². The largest absolute Gasteiger partial charge is 0.550 e. The van der Waals surface area contributed by atoms with Crippen molar-refractivity contribution in [3.05, 3.63) is 0 Å². The second kappa shape index (κ2) is 15.9. The fourth-order valence-electron chi connectivity index (χ4n) is 2.57. The first-order valence-corrected chi connectivity index (χ1v) is 11.3. The van der Waals surface area contributed by atoms with Gasteiger partial charge in [0.25, 0.3) is 0 Å². The number of likely N-dealkylation sites (N-methyl/N-ethyl adjacent to an activating group) is 2. The summed E-state index contributed by atoms with van der Waals surface area (Å²) in [4.78, 5) is 77.7. The Morgan fingerprint density at radius 3 is 1.33 bits per heavy atom. The molecule has 0 radical (unpaired) electrons. The number of carboxylic acids is 5. The van der Waals surface area contributed by atoms with E-state index in [-0.39, 0.29) is 24.2 Å². The third-order valence-electron chi connectivity index (χ3n) is 4.61. The fourth-order valence-corrected chi connectivity index (χ4v) is 2.57. The summed E-state index contributed by atoms with van der Waals surface area (Å²) in [5.74, 6) is -11.6. The average molecular weight is 571 g/mol. The molecule has 0 heterocycles. The van der Waals surface area contributed by atoms with Crippen LogP contribution in [-0.4, -0.2) is 145 Å². The number of hydrogen-bond acceptors (Lipinski definition) is 12. The third kappa shape index (κ3) is 16.9. The standard InChI is InChI=1S/C17H25NO14.C5H14NO/c1-18(2,3)4-5-30-15(29)17(8-12(23)24,9-13(25)26)32-31-16(14(27)28,6-10(19)20)7-11(21)22;1-6(2,3)4-5-7/h4-9H2,1-3H3,(H4-,19,20,21,22,23,24,25,26,27,28);7H,4-5H2,1-3H3/q;+1/p-1. The smallest absolute Gasteiger partial charge is 0.343 e. The molecular formula is C22H38N2O15. The number of rotatable bonds is 18. The van der Waals surface area contributed by atoms with Crippen molar-refractivity contribution < 1.29 is 82.9 Å². The van der Waals surface area contributed by atoms with E-state index in [1.54, 1.807) is 21.1 Å². The van der Waals surface area contributed by atoms with Crippen LogP contribution < -0.4 is 10.2 Å². The number of quaternary nitrogens is 2. The lowest BCUT2D eigenvalue weighted by Gasteiger charge is -2.36. The second-order valence-corrected chi connectivity index (χ2v) is 10.6. The number of nitrogens with zero attached hydrogens (tertiary/aromatic N) is 2. The molecule has 0 rings (SSSR count). The Bertz CT molecular complexity index is 842. The minimum Gasteiger partial charge on any atom is -0.550 e. The quantitative estimate of drug-likeness (QED) is 0.0525. The molecule has 0 saturated carbocycles. The molecule has 17 heteroatoms. The van der Waals surface area contributed by atoms with Gasteiger partial charge in [-0.3, -0.25) is 14.4 Å². The molecule has 0 bridgehead atoms. The summed E-state index contributed by atoms with van der Waals surface area (Å²) in [5.41, 5.74) is -6.27. The highest BCUT2D eigenvalue weighted by molar-refractivity contribution is 5.90. The molecule has 0 aromatic heterocycles. The van der Waals surface area contributed by atoms with Crippen molar-refractivity contribution in [2.45, 2.75) is 36.9 Å². The molecule has 0 aromatic carbocycles. The Hall–Kier alpha value is -3.38. The van der Waals surface area contributed by atoms with E-state index in [0.29, 0.717) is 0 Å². The lowest BCUT2D eigenvalue weighted by molar-refractivity contribution is -0.870. The topological polar surface area (TPSA) is 257 Å². The maximum absolute atomic E-state index is 12.6. The summed E-state index contributed by atoms with van der Waals surface area (Å²) in [5, 5.41) is 58.0. The summed E-state index contributed by atoms with van der Waals surface area (Å²) in [7, 11) is 11.3. The summed E-state index contributed by atoms with van der Waals surface area (Å²) < 4.78 is 6.01. The number of ether oxygens (including phenoxy) is 1. The second-order valence-electron chi connectivity index (χ2n) is 10.6. The highest BCUT2D eigenvalue weighted by atomic mass is 17.2. The third-order valence-corrected chi connectivity index (χ3v) is 4.61. The van der Waals surface area contributed by atoms with Crippen LogP contribution in [0.3, 0.4) is 0 Å². The van der Waals surface area contributed by atoms with E-state index in [1.165, 1.54) is 0 Å². The average Bonchev–Trinajstić information content (AvgIpc) is 2.68.